The van der Waals surface area contributed by atoms with Crippen LogP contribution in [-0.4, -0.2) is 13.5 Å². The second kappa shape index (κ2) is 5.89. The summed E-state index contributed by atoms with van der Waals surface area (Å²) in [7, 11) is -4.96. The minimum absolute atomic E-state index is 0.194. The summed E-state index contributed by atoms with van der Waals surface area (Å²) >= 11 is 0. The summed E-state index contributed by atoms with van der Waals surface area (Å²) in [6.45, 7) is 0. The molecule has 0 saturated heterocycles. The molecule has 0 atom stereocenters. The molecule has 0 aliphatic carbocycles. The van der Waals surface area contributed by atoms with Gasteiger partial charge in [-0.1, -0.05) is 6.07 Å². The minimum atomic E-state index is -5.08. The zero-order valence-corrected chi connectivity index (χ0v) is 12.1. The van der Waals surface area contributed by atoms with E-state index in [1.54, 1.807) is 0 Å². The molecule has 2 N–H and O–H groups in total. The lowest BCUT2D eigenvalue weighted by molar-refractivity contribution is -0.139. The Balaban J connectivity index is 2.52. The van der Waals surface area contributed by atoms with Gasteiger partial charge in [0.1, 0.15) is 10.7 Å². The molecule has 2 rings (SSSR count). The first kappa shape index (κ1) is 17.9. The van der Waals surface area contributed by atoms with Crippen LogP contribution in [0.1, 0.15) is 5.56 Å². The van der Waals surface area contributed by atoms with Crippen molar-refractivity contribution in [2.45, 2.75) is 11.1 Å². The molecule has 24 heavy (non-hydrogen) atoms. The quantitative estimate of drug-likeness (QED) is 0.810. The van der Waals surface area contributed by atoms with Gasteiger partial charge in [0.25, 0.3) is 10.0 Å². The molecule has 0 unspecified atom stereocenters. The zero-order chi connectivity index (χ0) is 18.3. The van der Waals surface area contributed by atoms with Gasteiger partial charge in [-0.3, -0.25) is 4.72 Å². The van der Waals surface area contributed by atoms with E-state index in [1.807, 2.05) is 0 Å². The third-order valence-electron chi connectivity index (χ3n) is 2.83. The maximum Gasteiger partial charge on any atom is 0.419 e. The van der Waals surface area contributed by atoms with Gasteiger partial charge >= 0.3 is 6.18 Å². The molecule has 0 aliphatic heterocycles. The standard InChI is InChI=1S/C13H7F6NO3S/c14-6-4-8(15)12(21)10(5-6)24(22,23)20-9-3-1-2-7(11(9)16)13(17,18)19/h1-5,20-21H. The number of phenolic OH excluding ortho intramolecular Hbond substituents is 1. The number of anilines is 1. The van der Waals surface area contributed by atoms with Crippen molar-refractivity contribution < 1.29 is 39.9 Å². The van der Waals surface area contributed by atoms with Gasteiger partial charge in [-0.05, 0) is 18.2 Å². The second-order valence-corrected chi connectivity index (χ2v) is 6.16. The number of hydrogen-bond acceptors (Lipinski definition) is 3. The Kier molecular flexibility index (Phi) is 4.40. The van der Waals surface area contributed by atoms with E-state index in [0.29, 0.717) is 12.1 Å². The van der Waals surface area contributed by atoms with Crippen molar-refractivity contribution in [3.63, 3.8) is 0 Å². The van der Waals surface area contributed by atoms with Gasteiger partial charge in [-0.25, -0.2) is 21.6 Å². The van der Waals surface area contributed by atoms with E-state index in [1.165, 1.54) is 4.72 Å². The highest BCUT2D eigenvalue weighted by Gasteiger charge is 2.35. The highest BCUT2D eigenvalue weighted by atomic mass is 32.2. The van der Waals surface area contributed by atoms with Crippen LogP contribution in [0.25, 0.3) is 0 Å². The number of benzene rings is 2. The average molecular weight is 371 g/mol. The van der Waals surface area contributed by atoms with E-state index in [9.17, 15) is 39.9 Å². The van der Waals surface area contributed by atoms with Gasteiger partial charge in [-0.15, -0.1) is 0 Å². The molecule has 0 radical (unpaired) electrons. The lowest BCUT2D eigenvalue weighted by atomic mass is 10.2. The molecule has 2 aromatic rings. The number of alkyl halides is 3. The first-order valence-corrected chi connectivity index (χ1v) is 7.48. The van der Waals surface area contributed by atoms with E-state index in [-0.39, 0.29) is 12.1 Å². The molecule has 0 bridgehead atoms. The molecule has 130 valence electrons. The smallest absolute Gasteiger partial charge is 0.419 e. The van der Waals surface area contributed by atoms with Crippen LogP contribution in [0.15, 0.2) is 35.2 Å². The first-order chi connectivity index (χ1) is 10.9. The molecule has 0 aliphatic rings. The molecule has 0 saturated carbocycles. The lowest BCUT2D eigenvalue weighted by Crippen LogP contribution is -2.17. The molecule has 0 amide bonds. The highest BCUT2D eigenvalue weighted by Crippen LogP contribution is 2.35. The van der Waals surface area contributed by atoms with Gasteiger partial charge in [0.2, 0.25) is 0 Å². The molecule has 0 heterocycles. The number of aromatic hydroxyl groups is 1. The fraction of sp³-hybridized carbons (Fsp3) is 0.0769. The summed E-state index contributed by atoms with van der Waals surface area (Å²) < 4.78 is 103. The van der Waals surface area contributed by atoms with Crippen molar-refractivity contribution in [2.75, 3.05) is 4.72 Å². The first-order valence-electron chi connectivity index (χ1n) is 6.00. The van der Waals surface area contributed by atoms with Gasteiger partial charge < -0.3 is 5.11 Å². The molecule has 0 spiro atoms. The van der Waals surface area contributed by atoms with E-state index in [4.69, 9.17) is 0 Å². The van der Waals surface area contributed by atoms with Crippen molar-refractivity contribution in [1.29, 1.82) is 0 Å². The summed E-state index contributed by atoms with van der Waals surface area (Å²) in [5.41, 5.74) is -2.84. The predicted molar refractivity (Wildman–Crippen MR) is 70.2 cm³/mol. The van der Waals surface area contributed by atoms with E-state index in [0.717, 1.165) is 6.07 Å². The Morgan fingerprint density at radius 1 is 1.04 bits per heavy atom. The summed E-state index contributed by atoms with van der Waals surface area (Å²) in [6.07, 6.45) is -5.08. The Labute approximate surface area is 131 Å². The van der Waals surface area contributed by atoms with E-state index in [2.05, 4.69) is 0 Å². The fourth-order valence-corrected chi connectivity index (χ4v) is 2.95. The molecular weight excluding hydrogens is 364 g/mol. The number of sulfonamides is 1. The Morgan fingerprint density at radius 3 is 2.25 bits per heavy atom. The number of nitrogens with one attached hydrogen (secondary N) is 1. The van der Waals surface area contributed by atoms with Gasteiger partial charge in [0.05, 0.1) is 11.3 Å². The zero-order valence-electron chi connectivity index (χ0n) is 11.3. The topological polar surface area (TPSA) is 66.4 Å². The lowest BCUT2D eigenvalue weighted by Gasteiger charge is -2.14. The van der Waals surface area contributed by atoms with Crippen molar-refractivity contribution in [2.24, 2.45) is 0 Å². The third kappa shape index (κ3) is 3.40. The Morgan fingerprint density at radius 2 is 1.67 bits per heavy atom. The largest absolute Gasteiger partial charge is 0.504 e. The highest BCUT2D eigenvalue weighted by molar-refractivity contribution is 7.92. The monoisotopic (exact) mass is 371 g/mol. The van der Waals surface area contributed by atoms with Crippen molar-refractivity contribution in [3.05, 3.63) is 53.3 Å². The molecule has 4 nitrogen and oxygen atoms in total. The van der Waals surface area contributed by atoms with Crippen LogP contribution in [-0.2, 0) is 16.2 Å². The van der Waals surface area contributed by atoms with Gasteiger partial charge in [0, 0.05) is 6.07 Å². The molecular formula is C13H7F6NO3S. The molecule has 0 aromatic heterocycles. The normalized spacial score (nSPS) is 12.2. The van der Waals surface area contributed by atoms with Crippen molar-refractivity contribution in [1.82, 2.24) is 0 Å². The van der Waals surface area contributed by atoms with Crippen molar-refractivity contribution >= 4 is 15.7 Å². The van der Waals surface area contributed by atoms with Crippen LogP contribution < -0.4 is 4.72 Å². The maximum absolute atomic E-state index is 13.8. The Hall–Kier alpha value is -2.43. The number of hydrogen-bond donors (Lipinski definition) is 2. The van der Waals surface area contributed by atoms with E-state index < -0.39 is 55.5 Å². The predicted octanol–water partition coefficient (Wildman–Crippen LogP) is 3.63. The van der Waals surface area contributed by atoms with Crippen LogP contribution in [0, 0.1) is 17.5 Å². The van der Waals surface area contributed by atoms with Crippen molar-refractivity contribution in [3.8, 4) is 5.75 Å². The fourth-order valence-electron chi connectivity index (χ4n) is 1.78. The number of phenols is 1. The van der Waals surface area contributed by atoms with Crippen LogP contribution >= 0.6 is 0 Å². The second-order valence-electron chi connectivity index (χ2n) is 4.50. The van der Waals surface area contributed by atoms with Gasteiger partial charge in [-0.2, -0.15) is 13.2 Å². The van der Waals surface area contributed by atoms with Gasteiger partial charge in [0.15, 0.2) is 17.4 Å². The van der Waals surface area contributed by atoms with E-state index >= 15 is 0 Å². The molecule has 11 heteroatoms. The summed E-state index contributed by atoms with van der Waals surface area (Å²) in [5.74, 6) is -6.36. The third-order valence-corrected chi connectivity index (χ3v) is 4.21. The molecule has 2 aromatic carbocycles. The average Bonchev–Trinajstić information content (AvgIpc) is 2.43. The van der Waals surface area contributed by atoms with Crippen LogP contribution in [0.4, 0.5) is 32.0 Å². The molecule has 0 fully saturated rings. The summed E-state index contributed by atoms with van der Waals surface area (Å²) in [6, 6.07) is 2.21. The Bertz CT molecular complexity index is 895. The minimum Gasteiger partial charge on any atom is -0.504 e. The maximum atomic E-state index is 13.8. The number of halogens is 6. The SMILES string of the molecule is O=S(=O)(Nc1cccc(C(F)(F)F)c1F)c1cc(F)cc(F)c1O. The number of rotatable bonds is 3. The van der Waals surface area contributed by atoms with Crippen LogP contribution in [0.3, 0.4) is 0 Å². The summed E-state index contributed by atoms with van der Waals surface area (Å²) in [4.78, 5) is -1.29. The van der Waals surface area contributed by atoms with Crippen LogP contribution in [0.2, 0.25) is 0 Å². The van der Waals surface area contributed by atoms with Crippen LogP contribution in [0.5, 0.6) is 5.75 Å². The summed E-state index contributed by atoms with van der Waals surface area (Å²) in [5, 5.41) is 9.35.